The Kier molecular flexibility index (Phi) is 6.49. The fourth-order valence-corrected chi connectivity index (χ4v) is 2.08. The number of hydrogen-bond donors (Lipinski definition) is 3. The number of nitrogens with zero attached hydrogens (tertiary/aromatic N) is 2. The second kappa shape index (κ2) is 7.63. The number of aliphatic hydroxyl groups excluding tert-OH is 2. The Bertz CT molecular complexity index is 385. The van der Waals surface area contributed by atoms with Gasteiger partial charge in [-0.05, 0) is 13.0 Å². The van der Waals surface area contributed by atoms with Crippen LogP contribution in [0.5, 0.6) is 0 Å². The van der Waals surface area contributed by atoms with Crippen LogP contribution in [0.3, 0.4) is 0 Å². The van der Waals surface area contributed by atoms with Gasteiger partial charge in [-0.1, -0.05) is 23.2 Å². The summed E-state index contributed by atoms with van der Waals surface area (Å²) in [6, 6.07) is 1.60. The molecule has 0 spiro atoms. The molecule has 0 radical (unpaired) electrons. The average Bonchev–Trinajstić information content (AvgIpc) is 2.33. The Labute approximate surface area is 116 Å². The second-order valence-electron chi connectivity index (χ2n) is 3.59. The molecule has 0 saturated carbocycles. The molecule has 5 nitrogen and oxygen atoms in total. The topological polar surface area (TPSA) is 68.6 Å². The SMILES string of the molecule is CCNc1nc(N(CCO)CCO)c(Cl)cc1Cl. The van der Waals surface area contributed by atoms with Crippen molar-refractivity contribution in [3.8, 4) is 0 Å². The zero-order valence-electron chi connectivity index (χ0n) is 10.2. The molecule has 7 heteroatoms. The summed E-state index contributed by atoms with van der Waals surface area (Å²) in [5.74, 6) is 1.04. The van der Waals surface area contributed by atoms with E-state index in [1.807, 2.05) is 6.92 Å². The number of rotatable bonds is 7. The number of anilines is 2. The molecule has 18 heavy (non-hydrogen) atoms. The molecule has 0 aromatic carbocycles. The van der Waals surface area contributed by atoms with Gasteiger partial charge in [-0.3, -0.25) is 0 Å². The summed E-state index contributed by atoms with van der Waals surface area (Å²) in [5.41, 5.74) is 0. The number of aliphatic hydroxyl groups is 2. The van der Waals surface area contributed by atoms with E-state index in [2.05, 4.69) is 10.3 Å². The Hall–Kier alpha value is -0.750. The summed E-state index contributed by atoms with van der Waals surface area (Å²) < 4.78 is 0. The van der Waals surface area contributed by atoms with E-state index in [0.29, 0.717) is 41.3 Å². The molecule has 0 saturated heterocycles. The molecule has 0 aliphatic rings. The normalized spacial score (nSPS) is 10.5. The van der Waals surface area contributed by atoms with Gasteiger partial charge in [-0.25, -0.2) is 4.98 Å². The van der Waals surface area contributed by atoms with E-state index in [1.54, 1.807) is 11.0 Å². The predicted molar refractivity (Wildman–Crippen MR) is 74.8 cm³/mol. The van der Waals surface area contributed by atoms with Crippen molar-refractivity contribution in [1.29, 1.82) is 0 Å². The lowest BCUT2D eigenvalue weighted by atomic mass is 10.3. The smallest absolute Gasteiger partial charge is 0.150 e. The van der Waals surface area contributed by atoms with Crippen molar-refractivity contribution in [3.05, 3.63) is 16.1 Å². The lowest BCUT2D eigenvalue weighted by Crippen LogP contribution is -2.30. The van der Waals surface area contributed by atoms with Crippen molar-refractivity contribution in [2.24, 2.45) is 0 Å². The summed E-state index contributed by atoms with van der Waals surface area (Å²) in [6.07, 6.45) is 0. The molecule has 0 fully saturated rings. The van der Waals surface area contributed by atoms with Crippen LogP contribution < -0.4 is 10.2 Å². The molecular formula is C11H17Cl2N3O2. The molecule has 102 valence electrons. The number of hydrogen-bond acceptors (Lipinski definition) is 5. The highest BCUT2D eigenvalue weighted by atomic mass is 35.5. The maximum atomic E-state index is 9.01. The molecule has 1 heterocycles. The van der Waals surface area contributed by atoms with Gasteiger partial charge in [0.05, 0.1) is 23.3 Å². The minimum Gasteiger partial charge on any atom is -0.395 e. The monoisotopic (exact) mass is 293 g/mol. The number of aromatic nitrogens is 1. The highest BCUT2D eigenvalue weighted by molar-refractivity contribution is 6.37. The van der Waals surface area contributed by atoms with E-state index >= 15 is 0 Å². The van der Waals surface area contributed by atoms with Gasteiger partial charge >= 0.3 is 0 Å². The first-order valence-corrected chi connectivity index (χ1v) is 6.46. The van der Waals surface area contributed by atoms with Crippen molar-refractivity contribution in [2.45, 2.75) is 6.92 Å². The van der Waals surface area contributed by atoms with Gasteiger partial charge < -0.3 is 20.4 Å². The highest BCUT2D eigenvalue weighted by Gasteiger charge is 2.14. The van der Waals surface area contributed by atoms with Gasteiger partial charge in [0.1, 0.15) is 11.6 Å². The van der Waals surface area contributed by atoms with Crippen LogP contribution in [0.25, 0.3) is 0 Å². The average molecular weight is 294 g/mol. The van der Waals surface area contributed by atoms with Gasteiger partial charge in [0.2, 0.25) is 0 Å². The third kappa shape index (κ3) is 3.88. The third-order valence-corrected chi connectivity index (χ3v) is 2.86. The first kappa shape index (κ1) is 15.3. The molecule has 1 rings (SSSR count). The Morgan fingerprint density at radius 1 is 1.22 bits per heavy atom. The van der Waals surface area contributed by atoms with Gasteiger partial charge in [0, 0.05) is 19.6 Å². The van der Waals surface area contributed by atoms with Crippen LogP contribution in [0.15, 0.2) is 6.07 Å². The van der Waals surface area contributed by atoms with Crippen LogP contribution in [0.2, 0.25) is 10.0 Å². The molecule has 0 amide bonds. The van der Waals surface area contributed by atoms with Crippen LogP contribution in [-0.2, 0) is 0 Å². The number of pyridine rings is 1. The molecular weight excluding hydrogens is 277 g/mol. The van der Waals surface area contributed by atoms with Crippen molar-refractivity contribution < 1.29 is 10.2 Å². The first-order chi connectivity index (χ1) is 8.63. The predicted octanol–water partition coefficient (Wildman–Crippen LogP) is 1.61. The van der Waals surface area contributed by atoms with Crippen LogP contribution in [0.1, 0.15) is 6.92 Å². The molecule has 1 aromatic heterocycles. The highest BCUT2D eigenvalue weighted by Crippen LogP contribution is 2.31. The largest absolute Gasteiger partial charge is 0.395 e. The van der Waals surface area contributed by atoms with E-state index in [-0.39, 0.29) is 13.2 Å². The third-order valence-electron chi connectivity index (χ3n) is 2.29. The van der Waals surface area contributed by atoms with Crippen LogP contribution >= 0.6 is 23.2 Å². The van der Waals surface area contributed by atoms with E-state index in [0.717, 1.165) is 0 Å². The summed E-state index contributed by atoms with van der Waals surface area (Å²) in [6.45, 7) is 3.23. The lowest BCUT2D eigenvalue weighted by molar-refractivity contribution is 0.280. The maximum Gasteiger partial charge on any atom is 0.150 e. The van der Waals surface area contributed by atoms with Crippen molar-refractivity contribution >= 4 is 34.8 Å². The van der Waals surface area contributed by atoms with Crippen LogP contribution in [-0.4, -0.2) is 48.0 Å². The molecule has 0 unspecified atom stereocenters. The van der Waals surface area contributed by atoms with E-state index in [9.17, 15) is 0 Å². The second-order valence-corrected chi connectivity index (χ2v) is 4.40. The summed E-state index contributed by atoms with van der Waals surface area (Å²) in [7, 11) is 0. The first-order valence-electron chi connectivity index (χ1n) is 5.70. The van der Waals surface area contributed by atoms with E-state index in [4.69, 9.17) is 33.4 Å². The van der Waals surface area contributed by atoms with E-state index in [1.165, 1.54) is 0 Å². The Balaban J connectivity index is 3.07. The molecule has 3 N–H and O–H groups in total. The quantitative estimate of drug-likeness (QED) is 0.713. The molecule has 0 aliphatic carbocycles. The van der Waals surface area contributed by atoms with Gasteiger partial charge in [-0.2, -0.15) is 0 Å². The molecule has 0 aliphatic heterocycles. The molecule has 1 aromatic rings. The lowest BCUT2D eigenvalue weighted by Gasteiger charge is -2.23. The van der Waals surface area contributed by atoms with Crippen LogP contribution in [0, 0.1) is 0 Å². The van der Waals surface area contributed by atoms with Gasteiger partial charge in [0.25, 0.3) is 0 Å². The molecule has 0 atom stereocenters. The standard InChI is InChI=1S/C11H17Cl2N3O2/c1-2-14-10-8(12)7-9(13)11(15-10)16(3-5-17)4-6-18/h7,17-18H,2-6H2,1H3,(H,14,15). The van der Waals surface area contributed by atoms with Gasteiger partial charge in [-0.15, -0.1) is 0 Å². The fourth-order valence-electron chi connectivity index (χ4n) is 1.54. The summed E-state index contributed by atoms with van der Waals surface area (Å²) >= 11 is 12.1. The summed E-state index contributed by atoms with van der Waals surface area (Å²) in [5, 5.41) is 21.9. The minimum absolute atomic E-state index is 0.0445. The summed E-state index contributed by atoms with van der Waals surface area (Å²) in [4.78, 5) is 6.04. The Morgan fingerprint density at radius 2 is 1.83 bits per heavy atom. The van der Waals surface area contributed by atoms with E-state index < -0.39 is 0 Å². The minimum atomic E-state index is -0.0445. The van der Waals surface area contributed by atoms with Crippen molar-refractivity contribution in [2.75, 3.05) is 43.1 Å². The zero-order chi connectivity index (χ0) is 13.5. The zero-order valence-corrected chi connectivity index (χ0v) is 11.7. The van der Waals surface area contributed by atoms with Crippen molar-refractivity contribution in [1.82, 2.24) is 4.98 Å². The molecule has 0 bridgehead atoms. The maximum absolute atomic E-state index is 9.01. The van der Waals surface area contributed by atoms with Crippen molar-refractivity contribution in [3.63, 3.8) is 0 Å². The number of halogens is 2. The van der Waals surface area contributed by atoms with Crippen LogP contribution in [0.4, 0.5) is 11.6 Å². The fraction of sp³-hybridized carbons (Fsp3) is 0.545. The number of nitrogens with one attached hydrogen (secondary N) is 1. The van der Waals surface area contributed by atoms with Gasteiger partial charge in [0.15, 0.2) is 0 Å². The Morgan fingerprint density at radius 3 is 2.33 bits per heavy atom.